The van der Waals surface area contributed by atoms with Crippen molar-refractivity contribution in [2.75, 3.05) is 13.4 Å². The van der Waals surface area contributed by atoms with E-state index in [-0.39, 0.29) is 4.90 Å². The largest absolute Gasteiger partial charge is 0.465 e. The first-order chi connectivity index (χ1) is 9.90. The second-order valence-electron chi connectivity index (χ2n) is 4.36. The molecular weight excluding hydrogens is 292 g/mol. The van der Waals surface area contributed by atoms with Gasteiger partial charge in [-0.2, -0.15) is 0 Å². The molecule has 0 atom stereocenters. The van der Waals surface area contributed by atoms with Crippen LogP contribution in [-0.4, -0.2) is 27.8 Å². The first kappa shape index (κ1) is 15.1. The number of carbonyl (C=O) groups is 1. The van der Waals surface area contributed by atoms with Gasteiger partial charge in [-0.05, 0) is 48.5 Å². The summed E-state index contributed by atoms with van der Waals surface area (Å²) in [6.45, 7) is 0. The average Bonchev–Trinajstić information content (AvgIpc) is 2.47. The summed E-state index contributed by atoms with van der Waals surface area (Å²) < 4.78 is 32.9. The first-order valence-corrected chi connectivity index (χ1v) is 7.95. The molecule has 0 saturated carbocycles. The van der Waals surface area contributed by atoms with Crippen LogP contribution in [0.2, 0.25) is 0 Å². The van der Waals surface area contributed by atoms with E-state index in [0.29, 0.717) is 17.1 Å². The van der Waals surface area contributed by atoms with Crippen LogP contribution in [0.25, 0.3) is 0 Å². The zero-order valence-corrected chi connectivity index (χ0v) is 12.4. The molecule has 0 aliphatic rings. The molecular formula is C15H14O5S. The molecule has 2 aromatic rings. The maximum atomic E-state index is 11.3. The fraction of sp³-hybridized carbons (Fsp3) is 0.133. The molecule has 0 fully saturated rings. The lowest BCUT2D eigenvalue weighted by atomic mass is 10.2. The predicted molar refractivity (Wildman–Crippen MR) is 77.4 cm³/mol. The summed E-state index contributed by atoms with van der Waals surface area (Å²) >= 11 is 0. The van der Waals surface area contributed by atoms with Gasteiger partial charge in [0.05, 0.1) is 17.6 Å². The third kappa shape index (κ3) is 3.82. The van der Waals surface area contributed by atoms with E-state index in [9.17, 15) is 13.2 Å². The van der Waals surface area contributed by atoms with Crippen molar-refractivity contribution < 1.29 is 22.7 Å². The number of sulfone groups is 1. The summed E-state index contributed by atoms with van der Waals surface area (Å²) in [6, 6.07) is 12.6. The Morgan fingerprint density at radius 1 is 0.905 bits per heavy atom. The lowest BCUT2D eigenvalue weighted by Crippen LogP contribution is -2.00. The summed E-state index contributed by atoms with van der Waals surface area (Å²) in [5.41, 5.74) is 0.428. The van der Waals surface area contributed by atoms with Crippen LogP contribution in [-0.2, 0) is 14.6 Å². The number of ether oxygens (including phenoxy) is 2. The molecule has 0 amide bonds. The molecule has 0 aliphatic heterocycles. The average molecular weight is 306 g/mol. The standard InChI is InChI=1S/C15H14O5S/c1-19-15(16)11-3-5-12(6-4-11)20-13-7-9-14(10-8-13)21(2,17)18/h3-10H,1-2H3. The Balaban J connectivity index is 2.13. The number of hydrogen-bond donors (Lipinski definition) is 0. The fourth-order valence-electron chi connectivity index (χ4n) is 1.67. The Morgan fingerprint density at radius 2 is 1.38 bits per heavy atom. The van der Waals surface area contributed by atoms with E-state index < -0.39 is 15.8 Å². The number of carbonyl (C=O) groups excluding carboxylic acids is 1. The molecule has 0 saturated heterocycles. The highest BCUT2D eigenvalue weighted by Crippen LogP contribution is 2.23. The molecule has 0 bridgehead atoms. The lowest BCUT2D eigenvalue weighted by molar-refractivity contribution is 0.0600. The zero-order valence-electron chi connectivity index (χ0n) is 11.6. The normalized spacial score (nSPS) is 11.0. The SMILES string of the molecule is COC(=O)c1ccc(Oc2ccc(S(C)(=O)=O)cc2)cc1. The minimum Gasteiger partial charge on any atom is -0.465 e. The maximum Gasteiger partial charge on any atom is 0.337 e. The Bertz CT molecular complexity index is 731. The number of rotatable bonds is 4. The highest BCUT2D eigenvalue weighted by Gasteiger charge is 2.08. The van der Waals surface area contributed by atoms with Crippen LogP contribution < -0.4 is 4.74 Å². The monoisotopic (exact) mass is 306 g/mol. The van der Waals surface area contributed by atoms with E-state index in [1.807, 2.05) is 0 Å². The molecule has 6 heteroatoms. The zero-order chi connectivity index (χ0) is 15.5. The van der Waals surface area contributed by atoms with Gasteiger partial charge in [-0.3, -0.25) is 0 Å². The third-order valence-corrected chi connectivity index (χ3v) is 3.89. The Morgan fingerprint density at radius 3 is 1.81 bits per heavy atom. The van der Waals surface area contributed by atoms with Crippen LogP contribution in [0.1, 0.15) is 10.4 Å². The van der Waals surface area contributed by atoms with Crippen molar-refractivity contribution in [1.82, 2.24) is 0 Å². The molecule has 2 rings (SSSR count). The van der Waals surface area contributed by atoms with Crippen molar-refractivity contribution in [3.05, 3.63) is 54.1 Å². The van der Waals surface area contributed by atoms with Gasteiger partial charge in [0.15, 0.2) is 9.84 Å². The Hall–Kier alpha value is -2.34. The van der Waals surface area contributed by atoms with Gasteiger partial charge in [0.1, 0.15) is 11.5 Å². The van der Waals surface area contributed by atoms with Crippen LogP contribution in [0.3, 0.4) is 0 Å². The molecule has 0 spiro atoms. The van der Waals surface area contributed by atoms with Crippen molar-refractivity contribution >= 4 is 15.8 Å². The Kier molecular flexibility index (Phi) is 4.28. The molecule has 0 unspecified atom stereocenters. The van der Waals surface area contributed by atoms with Crippen LogP contribution in [0, 0.1) is 0 Å². The van der Waals surface area contributed by atoms with E-state index >= 15 is 0 Å². The van der Waals surface area contributed by atoms with Gasteiger partial charge in [0.25, 0.3) is 0 Å². The summed E-state index contributed by atoms with van der Waals surface area (Å²) in [5, 5.41) is 0. The van der Waals surface area contributed by atoms with Crippen LogP contribution in [0.15, 0.2) is 53.4 Å². The fourth-order valence-corrected chi connectivity index (χ4v) is 2.30. The minimum atomic E-state index is -3.22. The molecule has 0 aromatic heterocycles. The van der Waals surface area contributed by atoms with Gasteiger partial charge in [-0.1, -0.05) is 0 Å². The summed E-state index contributed by atoms with van der Waals surface area (Å²) in [7, 11) is -1.90. The van der Waals surface area contributed by atoms with Crippen LogP contribution in [0.5, 0.6) is 11.5 Å². The minimum absolute atomic E-state index is 0.232. The quantitative estimate of drug-likeness (QED) is 0.812. The van der Waals surface area contributed by atoms with Crippen LogP contribution in [0.4, 0.5) is 0 Å². The number of methoxy groups -OCH3 is 1. The topological polar surface area (TPSA) is 69.7 Å². The molecule has 110 valence electrons. The van der Waals surface area contributed by atoms with Crippen molar-refractivity contribution in [2.24, 2.45) is 0 Å². The lowest BCUT2D eigenvalue weighted by Gasteiger charge is -2.07. The number of hydrogen-bond acceptors (Lipinski definition) is 5. The van der Waals surface area contributed by atoms with E-state index in [1.54, 1.807) is 36.4 Å². The van der Waals surface area contributed by atoms with Gasteiger partial charge >= 0.3 is 5.97 Å². The maximum absolute atomic E-state index is 11.3. The summed E-state index contributed by atoms with van der Waals surface area (Å²) in [4.78, 5) is 11.5. The molecule has 0 aliphatic carbocycles. The first-order valence-electron chi connectivity index (χ1n) is 6.06. The van der Waals surface area contributed by atoms with E-state index in [1.165, 1.54) is 19.2 Å². The molecule has 5 nitrogen and oxygen atoms in total. The van der Waals surface area contributed by atoms with E-state index in [2.05, 4.69) is 4.74 Å². The highest BCUT2D eigenvalue weighted by molar-refractivity contribution is 7.90. The van der Waals surface area contributed by atoms with Gasteiger partial charge in [-0.15, -0.1) is 0 Å². The van der Waals surface area contributed by atoms with E-state index in [4.69, 9.17) is 4.74 Å². The molecule has 0 N–H and O–H groups in total. The van der Waals surface area contributed by atoms with Crippen molar-refractivity contribution in [3.63, 3.8) is 0 Å². The summed E-state index contributed by atoms with van der Waals surface area (Å²) in [5.74, 6) is 0.627. The van der Waals surface area contributed by atoms with E-state index in [0.717, 1.165) is 6.26 Å². The van der Waals surface area contributed by atoms with Gasteiger partial charge in [0.2, 0.25) is 0 Å². The Labute approximate surface area is 123 Å². The number of esters is 1. The molecule has 0 heterocycles. The van der Waals surface area contributed by atoms with Crippen molar-refractivity contribution in [3.8, 4) is 11.5 Å². The second kappa shape index (κ2) is 5.97. The predicted octanol–water partition coefficient (Wildman–Crippen LogP) is 2.67. The second-order valence-corrected chi connectivity index (χ2v) is 6.38. The van der Waals surface area contributed by atoms with Gasteiger partial charge in [-0.25, -0.2) is 13.2 Å². The molecule has 2 aromatic carbocycles. The molecule has 21 heavy (non-hydrogen) atoms. The van der Waals surface area contributed by atoms with Gasteiger partial charge < -0.3 is 9.47 Å². The van der Waals surface area contributed by atoms with Gasteiger partial charge in [0, 0.05) is 6.26 Å². The third-order valence-electron chi connectivity index (χ3n) is 2.76. The smallest absolute Gasteiger partial charge is 0.337 e. The van der Waals surface area contributed by atoms with Crippen molar-refractivity contribution in [1.29, 1.82) is 0 Å². The summed E-state index contributed by atoms with van der Waals surface area (Å²) in [6.07, 6.45) is 1.15. The molecule has 0 radical (unpaired) electrons. The van der Waals surface area contributed by atoms with Crippen molar-refractivity contribution in [2.45, 2.75) is 4.90 Å². The number of benzene rings is 2. The van der Waals surface area contributed by atoms with Crippen LogP contribution >= 0.6 is 0 Å². The highest BCUT2D eigenvalue weighted by atomic mass is 32.2.